The first-order valence-corrected chi connectivity index (χ1v) is 7.12. The molecule has 0 spiro atoms. The second kappa shape index (κ2) is 7.09. The summed E-state index contributed by atoms with van der Waals surface area (Å²) in [5, 5.41) is 3.23. The summed E-state index contributed by atoms with van der Waals surface area (Å²) >= 11 is 6.14. The second-order valence-electron chi connectivity index (χ2n) is 4.97. The minimum atomic E-state index is -0.314. The van der Waals surface area contributed by atoms with Gasteiger partial charge in [0.25, 0.3) is 5.91 Å². The molecule has 22 heavy (non-hydrogen) atoms. The molecule has 4 nitrogen and oxygen atoms in total. The van der Waals surface area contributed by atoms with Gasteiger partial charge in [-0.1, -0.05) is 29.8 Å². The number of aldehydes is 1. The van der Waals surface area contributed by atoms with Crippen molar-refractivity contribution in [3.63, 3.8) is 0 Å². The molecule has 0 bridgehead atoms. The molecule has 2 aromatic carbocycles. The lowest BCUT2D eigenvalue weighted by molar-refractivity contribution is -0.118. The van der Waals surface area contributed by atoms with E-state index in [4.69, 9.17) is 16.3 Å². The van der Waals surface area contributed by atoms with E-state index in [0.29, 0.717) is 22.0 Å². The van der Waals surface area contributed by atoms with Crippen LogP contribution in [0.5, 0.6) is 5.75 Å². The largest absolute Gasteiger partial charge is 0.484 e. The molecule has 0 aliphatic heterocycles. The Bertz CT molecular complexity index is 690. The maximum atomic E-state index is 12.0. The van der Waals surface area contributed by atoms with Crippen LogP contribution >= 0.6 is 11.6 Å². The summed E-state index contributed by atoms with van der Waals surface area (Å²) in [6, 6.07) is 10.3. The highest BCUT2D eigenvalue weighted by Gasteiger charge is 2.10. The van der Waals surface area contributed by atoms with Crippen molar-refractivity contribution < 1.29 is 14.3 Å². The number of hydrogen-bond acceptors (Lipinski definition) is 3. The van der Waals surface area contributed by atoms with E-state index in [1.54, 1.807) is 30.3 Å². The van der Waals surface area contributed by atoms with E-state index in [-0.39, 0.29) is 12.5 Å². The molecule has 1 amide bonds. The van der Waals surface area contributed by atoms with Crippen molar-refractivity contribution in [2.24, 2.45) is 0 Å². The van der Waals surface area contributed by atoms with Crippen LogP contribution in [-0.2, 0) is 4.79 Å². The first-order valence-electron chi connectivity index (χ1n) is 6.74. The van der Waals surface area contributed by atoms with Gasteiger partial charge in [0.05, 0.1) is 10.7 Å². The summed E-state index contributed by atoms with van der Waals surface area (Å²) in [5.74, 6) is 0.150. The van der Waals surface area contributed by atoms with Crippen LogP contribution in [0.4, 0.5) is 5.69 Å². The Morgan fingerprint density at radius 3 is 2.73 bits per heavy atom. The first-order chi connectivity index (χ1) is 10.5. The molecule has 0 saturated heterocycles. The van der Waals surface area contributed by atoms with Gasteiger partial charge >= 0.3 is 0 Å². The average Bonchev–Trinajstić information content (AvgIpc) is 2.49. The fourth-order valence-electron chi connectivity index (χ4n) is 2.08. The third-order valence-electron chi connectivity index (χ3n) is 3.06. The third kappa shape index (κ3) is 4.09. The Morgan fingerprint density at radius 2 is 2.05 bits per heavy atom. The summed E-state index contributed by atoms with van der Waals surface area (Å²) in [6.07, 6.45) is 0.725. The second-order valence-corrected chi connectivity index (χ2v) is 5.37. The SMILES string of the molecule is Cc1cc(C)c(NC(=O)COc2cccc(C=O)c2)c(Cl)c1. The van der Waals surface area contributed by atoms with Gasteiger partial charge in [-0.3, -0.25) is 9.59 Å². The average molecular weight is 318 g/mol. The van der Waals surface area contributed by atoms with Crippen molar-refractivity contribution in [2.75, 3.05) is 11.9 Å². The Labute approximate surface area is 134 Å². The van der Waals surface area contributed by atoms with Crippen LogP contribution in [0.15, 0.2) is 36.4 Å². The number of carbonyl (C=O) groups is 2. The molecule has 5 heteroatoms. The van der Waals surface area contributed by atoms with Gasteiger partial charge in [0.2, 0.25) is 0 Å². The maximum absolute atomic E-state index is 12.0. The Morgan fingerprint density at radius 1 is 1.27 bits per heavy atom. The highest BCUT2D eigenvalue weighted by molar-refractivity contribution is 6.34. The number of nitrogens with one attached hydrogen (secondary N) is 1. The number of benzene rings is 2. The van der Waals surface area contributed by atoms with Crippen molar-refractivity contribution in [1.29, 1.82) is 0 Å². The molecule has 1 N–H and O–H groups in total. The number of aryl methyl sites for hydroxylation is 2. The van der Waals surface area contributed by atoms with E-state index in [2.05, 4.69) is 5.32 Å². The van der Waals surface area contributed by atoms with E-state index in [1.165, 1.54) is 0 Å². The van der Waals surface area contributed by atoms with E-state index >= 15 is 0 Å². The van der Waals surface area contributed by atoms with Crippen LogP contribution in [0, 0.1) is 13.8 Å². The number of amides is 1. The minimum absolute atomic E-state index is 0.161. The number of ether oxygens (including phenoxy) is 1. The van der Waals surface area contributed by atoms with Crippen LogP contribution in [0.25, 0.3) is 0 Å². The predicted octanol–water partition coefficient (Wildman–Crippen LogP) is 3.79. The van der Waals surface area contributed by atoms with Crippen LogP contribution in [0.3, 0.4) is 0 Å². The lowest BCUT2D eigenvalue weighted by Gasteiger charge is -2.12. The smallest absolute Gasteiger partial charge is 0.262 e. The van der Waals surface area contributed by atoms with Crippen molar-refractivity contribution in [3.8, 4) is 5.75 Å². The van der Waals surface area contributed by atoms with Gasteiger partial charge < -0.3 is 10.1 Å². The molecule has 0 aromatic heterocycles. The summed E-state index contributed by atoms with van der Waals surface area (Å²) in [5.41, 5.74) is 3.00. The highest BCUT2D eigenvalue weighted by atomic mass is 35.5. The molecule has 0 fully saturated rings. The Hall–Kier alpha value is -2.33. The molecule has 2 rings (SSSR count). The highest BCUT2D eigenvalue weighted by Crippen LogP contribution is 2.27. The number of halogens is 1. The predicted molar refractivity (Wildman–Crippen MR) is 86.9 cm³/mol. The summed E-state index contributed by atoms with van der Waals surface area (Å²) in [6.45, 7) is 3.66. The third-order valence-corrected chi connectivity index (χ3v) is 3.36. The van der Waals surface area contributed by atoms with Gasteiger partial charge in [-0.05, 0) is 43.2 Å². The lowest BCUT2D eigenvalue weighted by atomic mass is 10.1. The summed E-state index contributed by atoms with van der Waals surface area (Å²) in [4.78, 5) is 22.7. The first kappa shape index (κ1) is 16.0. The molecule has 0 aliphatic rings. The monoisotopic (exact) mass is 317 g/mol. The molecule has 0 saturated carbocycles. The zero-order valence-electron chi connectivity index (χ0n) is 12.4. The number of anilines is 1. The molecule has 0 atom stereocenters. The van der Waals surface area contributed by atoms with Crippen LogP contribution in [0.2, 0.25) is 5.02 Å². The summed E-state index contributed by atoms with van der Waals surface area (Å²) < 4.78 is 5.37. The van der Waals surface area contributed by atoms with Gasteiger partial charge in [0.15, 0.2) is 6.61 Å². The van der Waals surface area contributed by atoms with E-state index < -0.39 is 0 Å². The Kier molecular flexibility index (Phi) is 5.17. The molecule has 0 radical (unpaired) electrons. The minimum Gasteiger partial charge on any atom is -0.484 e. The van der Waals surface area contributed by atoms with Crippen LogP contribution in [0.1, 0.15) is 21.5 Å². The fourth-order valence-corrected chi connectivity index (χ4v) is 2.44. The molecule has 0 heterocycles. The number of hydrogen-bond donors (Lipinski definition) is 1. The number of rotatable bonds is 5. The fraction of sp³-hybridized carbons (Fsp3) is 0.176. The van der Waals surface area contributed by atoms with Crippen molar-refractivity contribution in [2.45, 2.75) is 13.8 Å². The Balaban J connectivity index is 2.00. The van der Waals surface area contributed by atoms with Gasteiger partial charge in [0, 0.05) is 5.56 Å². The number of carbonyl (C=O) groups excluding carboxylic acids is 2. The van der Waals surface area contributed by atoms with Gasteiger partial charge in [-0.25, -0.2) is 0 Å². The molecule has 0 unspecified atom stereocenters. The zero-order valence-corrected chi connectivity index (χ0v) is 13.1. The molecular formula is C17H16ClNO3. The standard InChI is InChI=1S/C17H16ClNO3/c1-11-6-12(2)17(15(18)7-11)19-16(21)10-22-14-5-3-4-13(8-14)9-20/h3-9H,10H2,1-2H3,(H,19,21). The van der Waals surface area contributed by atoms with E-state index in [9.17, 15) is 9.59 Å². The van der Waals surface area contributed by atoms with Crippen molar-refractivity contribution in [1.82, 2.24) is 0 Å². The topological polar surface area (TPSA) is 55.4 Å². The molecule has 2 aromatic rings. The summed E-state index contributed by atoms with van der Waals surface area (Å²) in [7, 11) is 0. The maximum Gasteiger partial charge on any atom is 0.262 e. The van der Waals surface area contributed by atoms with E-state index in [1.807, 2.05) is 19.9 Å². The van der Waals surface area contributed by atoms with Crippen LogP contribution < -0.4 is 10.1 Å². The quantitative estimate of drug-likeness (QED) is 0.854. The van der Waals surface area contributed by atoms with Gasteiger partial charge in [-0.2, -0.15) is 0 Å². The van der Waals surface area contributed by atoms with Crippen LogP contribution in [-0.4, -0.2) is 18.8 Å². The van der Waals surface area contributed by atoms with E-state index in [0.717, 1.165) is 17.4 Å². The zero-order chi connectivity index (χ0) is 16.1. The van der Waals surface area contributed by atoms with Gasteiger partial charge in [-0.15, -0.1) is 0 Å². The molecular weight excluding hydrogens is 302 g/mol. The van der Waals surface area contributed by atoms with Gasteiger partial charge in [0.1, 0.15) is 12.0 Å². The lowest BCUT2D eigenvalue weighted by Crippen LogP contribution is -2.21. The molecule has 0 aliphatic carbocycles. The van der Waals surface area contributed by atoms with Crippen molar-refractivity contribution in [3.05, 3.63) is 58.1 Å². The normalized spacial score (nSPS) is 10.1. The molecule has 114 valence electrons. The van der Waals surface area contributed by atoms with Crippen molar-refractivity contribution >= 4 is 29.5 Å².